The standard InChI is InChI=1S/C23H18ClNO4S/c1-2-29-19-12-10-16(11-13-19)23(26)22-15-25(18-7-5-6-17(24)14-18)20-8-3-4-9-21(20)30(22,27)28/h3-15H,2H2,1H3. The fraction of sp³-hybridized carbons (Fsp3) is 0.0870. The van der Waals surface area contributed by atoms with E-state index in [2.05, 4.69) is 0 Å². The zero-order valence-electron chi connectivity index (χ0n) is 16.1. The van der Waals surface area contributed by atoms with Gasteiger partial charge in [-0.25, -0.2) is 8.42 Å². The summed E-state index contributed by atoms with van der Waals surface area (Å²) in [6, 6.07) is 20.0. The Kier molecular flexibility index (Phi) is 5.37. The van der Waals surface area contributed by atoms with Crippen LogP contribution in [0.4, 0.5) is 11.4 Å². The molecule has 4 rings (SSSR count). The number of allylic oxidation sites excluding steroid dienone is 1. The predicted molar refractivity (Wildman–Crippen MR) is 117 cm³/mol. The van der Waals surface area contributed by atoms with Gasteiger partial charge in [0.15, 0.2) is 0 Å². The molecule has 0 radical (unpaired) electrons. The number of para-hydroxylation sites is 1. The van der Waals surface area contributed by atoms with Crippen LogP contribution >= 0.6 is 11.6 Å². The second kappa shape index (κ2) is 7.97. The molecule has 5 nitrogen and oxygen atoms in total. The highest BCUT2D eigenvalue weighted by molar-refractivity contribution is 7.96. The first-order chi connectivity index (χ1) is 14.4. The van der Waals surface area contributed by atoms with Gasteiger partial charge in [-0.05, 0) is 61.5 Å². The molecule has 0 unspecified atom stereocenters. The maximum absolute atomic E-state index is 13.3. The Morgan fingerprint density at radius 2 is 1.73 bits per heavy atom. The van der Waals surface area contributed by atoms with Crippen LogP contribution in [0, 0.1) is 0 Å². The highest BCUT2D eigenvalue weighted by atomic mass is 35.5. The summed E-state index contributed by atoms with van der Waals surface area (Å²) in [7, 11) is -4.00. The number of Topliss-reactive ketones (excluding diaryl/α,β-unsaturated/α-hetero) is 1. The highest BCUT2D eigenvalue weighted by Crippen LogP contribution is 2.40. The molecule has 1 aliphatic rings. The molecular weight excluding hydrogens is 422 g/mol. The maximum Gasteiger partial charge on any atom is 0.214 e. The average Bonchev–Trinajstić information content (AvgIpc) is 2.74. The number of halogens is 1. The number of anilines is 2. The van der Waals surface area contributed by atoms with Gasteiger partial charge in [-0.1, -0.05) is 29.8 Å². The van der Waals surface area contributed by atoms with Gasteiger partial charge in [0.05, 0.1) is 17.2 Å². The van der Waals surface area contributed by atoms with E-state index >= 15 is 0 Å². The van der Waals surface area contributed by atoms with Crippen LogP contribution in [0.5, 0.6) is 5.75 Å². The number of benzene rings is 3. The minimum atomic E-state index is -4.00. The molecule has 30 heavy (non-hydrogen) atoms. The molecule has 0 bridgehead atoms. The lowest BCUT2D eigenvalue weighted by Crippen LogP contribution is -2.25. The van der Waals surface area contributed by atoms with E-state index in [9.17, 15) is 13.2 Å². The van der Waals surface area contributed by atoms with Crippen molar-refractivity contribution in [2.24, 2.45) is 0 Å². The van der Waals surface area contributed by atoms with E-state index in [1.165, 1.54) is 12.3 Å². The number of nitrogens with zero attached hydrogens (tertiary/aromatic N) is 1. The fourth-order valence-electron chi connectivity index (χ4n) is 3.29. The third-order valence-electron chi connectivity index (χ3n) is 4.69. The molecule has 0 spiro atoms. The number of ether oxygens (including phenoxy) is 1. The molecule has 0 amide bonds. The summed E-state index contributed by atoms with van der Waals surface area (Å²) in [5, 5.41) is 0.506. The predicted octanol–water partition coefficient (Wildman–Crippen LogP) is 5.39. The lowest BCUT2D eigenvalue weighted by atomic mass is 10.1. The first-order valence-electron chi connectivity index (χ1n) is 9.30. The number of hydrogen-bond acceptors (Lipinski definition) is 5. The van der Waals surface area contributed by atoms with Gasteiger partial charge in [-0.3, -0.25) is 4.79 Å². The van der Waals surface area contributed by atoms with Crippen molar-refractivity contribution >= 4 is 38.6 Å². The zero-order valence-corrected chi connectivity index (χ0v) is 17.7. The van der Waals surface area contributed by atoms with Crippen molar-refractivity contribution in [3.05, 3.63) is 94.5 Å². The first kappa shape index (κ1) is 20.2. The molecule has 0 saturated carbocycles. The maximum atomic E-state index is 13.3. The van der Waals surface area contributed by atoms with Crippen LogP contribution in [0.1, 0.15) is 17.3 Å². The monoisotopic (exact) mass is 439 g/mol. The van der Waals surface area contributed by atoms with Gasteiger partial charge in [0, 0.05) is 22.5 Å². The van der Waals surface area contributed by atoms with Crippen LogP contribution in [0.2, 0.25) is 5.02 Å². The van der Waals surface area contributed by atoms with Crippen LogP contribution < -0.4 is 9.64 Å². The summed E-state index contributed by atoms with van der Waals surface area (Å²) in [5.74, 6) is 0.0278. The second-order valence-corrected chi connectivity index (χ2v) is 8.92. The smallest absolute Gasteiger partial charge is 0.214 e. The summed E-state index contributed by atoms with van der Waals surface area (Å²) < 4.78 is 31.9. The Bertz CT molecular complexity index is 1250. The van der Waals surface area contributed by atoms with E-state index in [-0.39, 0.29) is 15.4 Å². The van der Waals surface area contributed by atoms with Crippen LogP contribution in [-0.4, -0.2) is 20.8 Å². The largest absolute Gasteiger partial charge is 0.494 e. The van der Waals surface area contributed by atoms with E-state index in [0.29, 0.717) is 28.8 Å². The van der Waals surface area contributed by atoms with Crippen molar-refractivity contribution in [2.75, 3.05) is 11.5 Å². The molecule has 7 heteroatoms. The zero-order chi connectivity index (χ0) is 21.3. The number of carbonyl (C=O) groups is 1. The summed E-state index contributed by atoms with van der Waals surface area (Å²) in [5.41, 5.74) is 1.38. The highest BCUT2D eigenvalue weighted by Gasteiger charge is 2.36. The molecule has 152 valence electrons. The van der Waals surface area contributed by atoms with Crippen LogP contribution in [0.3, 0.4) is 0 Å². The summed E-state index contributed by atoms with van der Waals surface area (Å²) in [6.07, 6.45) is 1.36. The molecule has 1 aliphatic heterocycles. The molecule has 3 aromatic rings. The van der Waals surface area contributed by atoms with E-state index in [1.807, 2.05) is 6.92 Å². The van der Waals surface area contributed by atoms with Gasteiger partial charge in [-0.15, -0.1) is 0 Å². The van der Waals surface area contributed by atoms with Gasteiger partial charge in [0.25, 0.3) is 0 Å². The van der Waals surface area contributed by atoms with Crippen LogP contribution in [-0.2, 0) is 9.84 Å². The van der Waals surface area contributed by atoms with E-state index < -0.39 is 15.6 Å². The minimum Gasteiger partial charge on any atom is -0.494 e. The van der Waals surface area contributed by atoms with Crippen molar-refractivity contribution < 1.29 is 17.9 Å². The Balaban J connectivity index is 1.84. The SMILES string of the molecule is CCOc1ccc(C(=O)C2=CN(c3cccc(Cl)c3)c3ccccc3S2(=O)=O)cc1. The van der Waals surface area contributed by atoms with Crippen molar-refractivity contribution in [3.63, 3.8) is 0 Å². The number of ketones is 1. The van der Waals surface area contributed by atoms with E-state index in [1.54, 1.807) is 71.6 Å². The van der Waals surface area contributed by atoms with Crippen molar-refractivity contribution in [1.82, 2.24) is 0 Å². The molecular formula is C23H18ClNO4S. The molecule has 0 atom stereocenters. The minimum absolute atomic E-state index is 0.0711. The lowest BCUT2D eigenvalue weighted by Gasteiger charge is -2.29. The average molecular weight is 440 g/mol. The number of sulfone groups is 1. The summed E-state index contributed by atoms with van der Waals surface area (Å²) in [4.78, 5) is 14.6. The van der Waals surface area contributed by atoms with Gasteiger partial charge >= 0.3 is 0 Å². The molecule has 1 heterocycles. The van der Waals surface area contributed by atoms with Crippen LogP contribution in [0.25, 0.3) is 0 Å². The normalized spacial score (nSPS) is 14.6. The number of fused-ring (bicyclic) bond motifs is 1. The van der Waals surface area contributed by atoms with Crippen molar-refractivity contribution in [3.8, 4) is 5.75 Å². The molecule has 0 aromatic heterocycles. The number of rotatable bonds is 5. The van der Waals surface area contributed by atoms with E-state index in [0.717, 1.165) is 0 Å². The Labute approximate surface area is 180 Å². The summed E-state index contributed by atoms with van der Waals surface area (Å²) >= 11 is 6.14. The Morgan fingerprint density at radius 1 is 1.00 bits per heavy atom. The number of carbonyl (C=O) groups excluding carboxylic acids is 1. The van der Waals surface area contributed by atoms with Gasteiger partial charge < -0.3 is 9.64 Å². The molecule has 0 aliphatic carbocycles. The first-order valence-corrected chi connectivity index (χ1v) is 11.2. The Hall–Kier alpha value is -3.09. The topological polar surface area (TPSA) is 63.7 Å². The van der Waals surface area contributed by atoms with Crippen molar-refractivity contribution in [2.45, 2.75) is 11.8 Å². The molecule has 0 fully saturated rings. The third-order valence-corrected chi connectivity index (χ3v) is 6.72. The third kappa shape index (κ3) is 3.60. The van der Waals surface area contributed by atoms with Crippen molar-refractivity contribution in [1.29, 1.82) is 0 Å². The van der Waals surface area contributed by atoms with Crippen LogP contribution in [0.15, 0.2) is 88.8 Å². The quantitative estimate of drug-likeness (QED) is 0.499. The molecule has 0 N–H and O–H groups in total. The lowest BCUT2D eigenvalue weighted by molar-refractivity contribution is 0.104. The van der Waals surface area contributed by atoms with Gasteiger partial charge in [0.1, 0.15) is 10.7 Å². The summed E-state index contributed by atoms with van der Waals surface area (Å²) in [6.45, 7) is 2.36. The molecule has 3 aromatic carbocycles. The molecule has 0 saturated heterocycles. The number of hydrogen-bond donors (Lipinski definition) is 0. The van der Waals surface area contributed by atoms with Gasteiger partial charge in [0.2, 0.25) is 15.6 Å². The van der Waals surface area contributed by atoms with E-state index in [4.69, 9.17) is 16.3 Å². The second-order valence-electron chi connectivity index (χ2n) is 6.60. The van der Waals surface area contributed by atoms with Gasteiger partial charge in [-0.2, -0.15) is 0 Å². The fourth-order valence-corrected chi connectivity index (χ4v) is 5.02. The Morgan fingerprint density at radius 3 is 2.43 bits per heavy atom.